The van der Waals surface area contributed by atoms with Crippen molar-refractivity contribution in [1.82, 2.24) is 4.98 Å². The Hall–Kier alpha value is -2.07. The standard InChI is InChI=1S/C19H21ClN2O2/c20-15-9-10-18(21-13-15)22-19(23)11-8-14-4-3-7-17(12-14)24-16-5-1-2-6-16/h3-4,7,9-10,12-13,16H,1-2,5-6,8,11H2,(H,21,22,23). The van der Waals surface area contributed by atoms with Crippen molar-refractivity contribution in [3.63, 3.8) is 0 Å². The van der Waals surface area contributed by atoms with Crippen molar-refractivity contribution < 1.29 is 9.53 Å². The summed E-state index contributed by atoms with van der Waals surface area (Å²) in [5.41, 5.74) is 1.10. The minimum atomic E-state index is -0.0630. The van der Waals surface area contributed by atoms with Crippen LogP contribution in [0.15, 0.2) is 42.6 Å². The zero-order valence-corrected chi connectivity index (χ0v) is 14.3. The maximum absolute atomic E-state index is 12.0. The van der Waals surface area contributed by atoms with Gasteiger partial charge in [0.2, 0.25) is 5.91 Å². The molecule has 24 heavy (non-hydrogen) atoms. The largest absolute Gasteiger partial charge is 0.490 e. The Balaban J connectivity index is 1.50. The van der Waals surface area contributed by atoms with Crippen molar-refractivity contribution >= 4 is 23.3 Å². The van der Waals surface area contributed by atoms with Gasteiger partial charge in [-0.1, -0.05) is 23.7 Å². The van der Waals surface area contributed by atoms with E-state index in [4.69, 9.17) is 16.3 Å². The van der Waals surface area contributed by atoms with Gasteiger partial charge in [-0.3, -0.25) is 4.79 Å². The molecule has 1 fully saturated rings. The summed E-state index contributed by atoms with van der Waals surface area (Å²) < 4.78 is 6.01. The first-order chi connectivity index (χ1) is 11.7. The molecule has 1 amide bonds. The van der Waals surface area contributed by atoms with Crippen molar-refractivity contribution in [3.05, 3.63) is 53.2 Å². The van der Waals surface area contributed by atoms with Crippen LogP contribution in [0.1, 0.15) is 37.7 Å². The summed E-state index contributed by atoms with van der Waals surface area (Å²) in [6.45, 7) is 0. The molecule has 1 aliphatic carbocycles. The Labute approximate surface area is 147 Å². The zero-order chi connectivity index (χ0) is 16.8. The Morgan fingerprint density at radius 3 is 2.83 bits per heavy atom. The SMILES string of the molecule is O=C(CCc1cccc(OC2CCCC2)c1)Nc1ccc(Cl)cn1. The molecule has 3 rings (SSSR count). The molecule has 0 atom stereocenters. The van der Waals surface area contributed by atoms with Crippen LogP contribution in [0.4, 0.5) is 5.82 Å². The molecule has 1 aromatic carbocycles. The first-order valence-corrected chi connectivity index (χ1v) is 8.74. The molecule has 1 aliphatic rings. The van der Waals surface area contributed by atoms with Gasteiger partial charge in [0.1, 0.15) is 11.6 Å². The van der Waals surface area contributed by atoms with Crippen molar-refractivity contribution in [2.75, 3.05) is 5.32 Å². The molecular weight excluding hydrogens is 324 g/mol. The van der Waals surface area contributed by atoms with E-state index in [0.717, 1.165) is 24.2 Å². The average molecular weight is 345 g/mol. The summed E-state index contributed by atoms with van der Waals surface area (Å²) in [4.78, 5) is 16.1. The summed E-state index contributed by atoms with van der Waals surface area (Å²) >= 11 is 5.78. The number of hydrogen-bond donors (Lipinski definition) is 1. The molecule has 0 spiro atoms. The number of benzene rings is 1. The van der Waals surface area contributed by atoms with Gasteiger partial charge in [-0.2, -0.15) is 0 Å². The molecule has 1 saturated carbocycles. The minimum Gasteiger partial charge on any atom is -0.490 e. The molecular formula is C19H21ClN2O2. The van der Waals surface area contributed by atoms with E-state index in [1.165, 1.54) is 19.0 Å². The molecule has 0 radical (unpaired) electrons. The molecule has 0 bridgehead atoms. The van der Waals surface area contributed by atoms with Crippen LogP contribution >= 0.6 is 11.6 Å². The molecule has 126 valence electrons. The number of aryl methyl sites for hydroxylation is 1. The number of nitrogens with one attached hydrogen (secondary N) is 1. The third kappa shape index (κ3) is 4.96. The van der Waals surface area contributed by atoms with Gasteiger partial charge < -0.3 is 10.1 Å². The van der Waals surface area contributed by atoms with Crippen molar-refractivity contribution in [1.29, 1.82) is 0 Å². The Morgan fingerprint density at radius 2 is 2.08 bits per heavy atom. The number of carbonyl (C=O) groups excluding carboxylic acids is 1. The van der Waals surface area contributed by atoms with E-state index in [1.54, 1.807) is 12.1 Å². The number of ether oxygens (including phenoxy) is 1. The Bertz CT molecular complexity index is 682. The third-order valence-corrected chi connectivity index (χ3v) is 4.36. The van der Waals surface area contributed by atoms with Crippen LogP contribution in [-0.4, -0.2) is 17.0 Å². The van der Waals surface area contributed by atoms with Gasteiger partial charge in [-0.15, -0.1) is 0 Å². The molecule has 1 aromatic heterocycles. The van der Waals surface area contributed by atoms with Gasteiger partial charge >= 0.3 is 0 Å². The highest BCUT2D eigenvalue weighted by molar-refractivity contribution is 6.30. The first kappa shape index (κ1) is 16.8. The topological polar surface area (TPSA) is 51.2 Å². The van der Waals surface area contributed by atoms with E-state index in [2.05, 4.69) is 10.3 Å². The van der Waals surface area contributed by atoms with Crippen molar-refractivity contribution in [3.8, 4) is 5.75 Å². The van der Waals surface area contributed by atoms with E-state index in [9.17, 15) is 4.79 Å². The number of nitrogens with zero attached hydrogens (tertiary/aromatic N) is 1. The average Bonchev–Trinajstić information content (AvgIpc) is 3.08. The van der Waals surface area contributed by atoms with Crippen LogP contribution in [0.25, 0.3) is 0 Å². The number of anilines is 1. The number of pyridine rings is 1. The minimum absolute atomic E-state index is 0.0630. The predicted molar refractivity (Wildman–Crippen MR) is 95.5 cm³/mol. The van der Waals surface area contributed by atoms with E-state index >= 15 is 0 Å². The summed E-state index contributed by atoms with van der Waals surface area (Å²) in [6, 6.07) is 11.4. The number of hydrogen-bond acceptors (Lipinski definition) is 3. The first-order valence-electron chi connectivity index (χ1n) is 8.36. The molecule has 5 heteroatoms. The van der Waals surface area contributed by atoms with Gasteiger partial charge in [0.15, 0.2) is 0 Å². The monoisotopic (exact) mass is 344 g/mol. The second-order valence-corrected chi connectivity index (χ2v) is 6.52. The quantitative estimate of drug-likeness (QED) is 0.831. The van der Waals surface area contributed by atoms with Crippen LogP contribution in [0, 0.1) is 0 Å². The van der Waals surface area contributed by atoms with Crippen molar-refractivity contribution in [2.24, 2.45) is 0 Å². The van der Waals surface area contributed by atoms with Crippen LogP contribution in [0.2, 0.25) is 5.02 Å². The Morgan fingerprint density at radius 1 is 1.25 bits per heavy atom. The van der Waals surface area contributed by atoms with Crippen LogP contribution < -0.4 is 10.1 Å². The van der Waals surface area contributed by atoms with Gasteiger partial charge in [0, 0.05) is 12.6 Å². The van der Waals surface area contributed by atoms with E-state index in [-0.39, 0.29) is 5.91 Å². The highest BCUT2D eigenvalue weighted by atomic mass is 35.5. The number of carbonyl (C=O) groups is 1. The zero-order valence-electron chi connectivity index (χ0n) is 13.5. The van der Waals surface area contributed by atoms with Gasteiger partial charge in [-0.25, -0.2) is 4.98 Å². The van der Waals surface area contributed by atoms with E-state index in [1.807, 2.05) is 24.3 Å². The highest BCUT2D eigenvalue weighted by Crippen LogP contribution is 2.24. The lowest BCUT2D eigenvalue weighted by atomic mass is 10.1. The third-order valence-electron chi connectivity index (χ3n) is 4.14. The summed E-state index contributed by atoms with van der Waals surface area (Å²) in [5, 5.41) is 3.32. The maximum Gasteiger partial charge on any atom is 0.225 e. The summed E-state index contributed by atoms with van der Waals surface area (Å²) in [6.07, 6.45) is 7.72. The normalized spacial score (nSPS) is 14.5. The fraction of sp³-hybridized carbons (Fsp3) is 0.368. The second-order valence-electron chi connectivity index (χ2n) is 6.08. The number of amides is 1. The van der Waals surface area contributed by atoms with Crippen LogP contribution in [-0.2, 0) is 11.2 Å². The highest BCUT2D eigenvalue weighted by Gasteiger charge is 2.16. The Kier molecular flexibility index (Phi) is 5.70. The van der Waals surface area contributed by atoms with Crippen molar-refractivity contribution in [2.45, 2.75) is 44.6 Å². The number of rotatable bonds is 6. The fourth-order valence-corrected chi connectivity index (χ4v) is 3.00. The second kappa shape index (κ2) is 8.15. The molecule has 4 nitrogen and oxygen atoms in total. The number of aromatic nitrogens is 1. The summed E-state index contributed by atoms with van der Waals surface area (Å²) in [7, 11) is 0. The molecule has 0 unspecified atom stereocenters. The van der Waals surface area contributed by atoms with E-state index in [0.29, 0.717) is 29.8 Å². The van der Waals surface area contributed by atoms with Crippen LogP contribution in [0.3, 0.4) is 0 Å². The van der Waals surface area contributed by atoms with Gasteiger partial charge in [-0.05, 0) is 61.9 Å². The van der Waals surface area contributed by atoms with Gasteiger partial charge in [0.05, 0.1) is 11.1 Å². The molecule has 1 heterocycles. The predicted octanol–water partition coefficient (Wildman–Crippen LogP) is 4.63. The lowest BCUT2D eigenvalue weighted by molar-refractivity contribution is -0.116. The lowest BCUT2D eigenvalue weighted by Crippen LogP contribution is -2.13. The molecule has 0 aliphatic heterocycles. The van der Waals surface area contributed by atoms with Gasteiger partial charge in [0.25, 0.3) is 0 Å². The molecule has 2 aromatic rings. The smallest absolute Gasteiger partial charge is 0.225 e. The summed E-state index contributed by atoms with van der Waals surface area (Å²) in [5.74, 6) is 1.36. The van der Waals surface area contributed by atoms with Crippen LogP contribution in [0.5, 0.6) is 5.75 Å². The fourth-order valence-electron chi connectivity index (χ4n) is 2.89. The van der Waals surface area contributed by atoms with E-state index < -0.39 is 0 Å². The number of halogens is 1. The lowest BCUT2D eigenvalue weighted by Gasteiger charge is -2.13. The molecule has 1 N–H and O–H groups in total. The maximum atomic E-state index is 12.0. The molecule has 0 saturated heterocycles.